The van der Waals surface area contributed by atoms with E-state index < -0.39 is 23.0 Å². The summed E-state index contributed by atoms with van der Waals surface area (Å²) in [4.78, 5) is 26.6. The Morgan fingerprint density at radius 2 is 2.15 bits per heavy atom. The second-order valence-electron chi connectivity index (χ2n) is 4.24. The van der Waals surface area contributed by atoms with Gasteiger partial charge in [0, 0.05) is 23.5 Å². The van der Waals surface area contributed by atoms with Gasteiger partial charge in [-0.05, 0) is 30.8 Å². The van der Waals surface area contributed by atoms with Crippen molar-refractivity contribution < 1.29 is 4.39 Å². The maximum atomic E-state index is 13.8. The molecule has 106 valence electrons. The maximum absolute atomic E-state index is 13.8. The van der Waals surface area contributed by atoms with Gasteiger partial charge in [-0.2, -0.15) is 4.98 Å². The Kier molecular flexibility index (Phi) is 4.05. The van der Waals surface area contributed by atoms with Crippen molar-refractivity contribution in [1.29, 1.82) is 0 Å². The van der Waals surface area contributed by atoms with Crippen LogP contribution >= 0.6 is 11.8 Å². The summed E-state index contributed by atoms with van der Waals surface area (Å²) in [5, 5.41) is 2.58. The molecule has 0 bridgehead atoms. The van der Waals surface area contributed by atoms with Crippen molar-refractivity contribution in [2.45, 2.75) is 23.0 Å². The van der Waals surface area contributed by atoms with Crippen molar-refractivity contribution in [3.63, 3.8) is 0 Å². The van der Waals surface area contributed by atoms with Crippen molar-refractivity contribution in [3.05, 3.63) is 50.3 Å². The van der Waals surface area contributed by atoms with E-state index in [1.807, 2.05) is 0 Å². The molecule has 0 fully saturated rings. The minimum absolute atomic E-state index is 0.252. The summed E-state index contributed by atoms with van der Waals surface area (Å²) < 4.78 is 15.1. The van der Waals surface area contributed by atoms with Gasteiger partial charge < -0.3 is 5.73 Å². The lowest BCUT2D eigenvalue weighted by Crippen LogP contribution is -2.33. The molecule has 1 heterocycles. The molecule has 1 atom stereocenters. The summed E-state index contributed by atoms with van der Waals surface area (Å²) in [7, 11) is 1.54. The first-order valence-corrected chi connectivity index (χ1v) is 6.61. The van der Waals surface area contributed by atoms with E-state index in [1.165, 1.54) is 10.7 Å². The summed E-state index contributed by atoms with van der Waals surface area (Å²) in [5.41, 5.74) is 4.42. The highest BCUT2D eigenvalue weighted by molar-refractivity contribution is 7.99. The molecule has 8 heteroatoms. The van der Waals surface area contributed by atoms with Crippen molar-refractivity contribution in [2.24, 2.45) is 12.8 Å². The number of hydrogen-bond acceptors (Lipinski definition) is 5. The van der Waals surface area contributed by atoms with Gasteiger partial charge in [0.05, 0.1) is 0 Å². The molecule has 0 saturated carbocycles. The molecule has 6 nitrogen and oxygen atoms in total. The molecular formula is C12H13FN4O2S. The predicted octanol–water partition coefficient (Wildman–Crippen LogP) is 0.779. The third-order valence-corrected chi connectivity index (χ3v) is 3.74. The van der Waals surface area contributed by atoms with Crippen LogP contribution in [0.15, 0.2) is 37.8 Å². The molecule has 20 heavy (non-hydrogen) atoms. The Morgan fingerprint density at radius 1 is 1.45 bits per heavy atom. The van der Waals surface area contributed by atoms with Crippen LogP contribution in [-0.4, -0.2) is 14.8 Å². The van der Waals surface area contributed by atoms with E-state index in [1.54, 1.807) is 26.1 Å². The number of rotatable bonds is 3. The Morgan fingerprint density at radius 3 is 2.80 bits per heavy atom. The van der Waals surface area contributed by atoms with Crippen LogP contribution in [0.5, 0.6) is 0 Å². The number of H-pyrrole nitrogens is 1. The van der Waals surface area contributed by atoms with Crippen molar-refractivity contribution in [3.8, 4) is 0 Å². The molecule has 2 aromatic rings. The second-order valence-corrected chi connectivity index (χ2v) is 5.25. The minimum Gasteiger partial charge on any atom is -0.324 e. The van der Waals surface area contributed by atoms with E-state index in [0.29, 0.717) is 10.5 Å². The number of aromatic nitrogens is 3. The fourth-order valence-electron chi connectivity index (χ4n) is 1.70. The second kappa shape index (κ2) is 5.59. The van der Waals surface area contributed by atoms with E-state index in [2.05, 4.69) is 10.1 Å². The molecule has 1 aromatic heterocycles. The van der Waals surface area contributed by atoms with Gasteiger partial charge in [0.1, 0.15) is 5.82 Å². The summed E-state index contributed by atoms with van der Waals surface area (Å²) >= 11 is 1.07. The molecule has 0 saturated heterocycles. The van der Waals surface area contributed by atoms with Crippen molar-refractivity contribution in [1.82, 2.24) is 14.8 Å². The summed E-state index contributed by atoms with van der Waals surface area (Å²) in [6.07, 6.45) is 0. The molecule has 2 rings (SSSR count). The molecule has 0 amide bonds. The fraction of sp³-hybridized carbons (Fsp3) is 0.250. The smallest absolute Gasteiger partial charge is 0.324 e. The normalized spacial score (nSPS) is 12.4. The number of nitrogens with two attached hydrogens (primary N) is 1. The Labute approximate surface area is 117 Å². The average Bonchev–Trinajstić information content (AvgIpc) is 2.35. The number of nitrogens with zero attached hydrogens (tertiary/aromatic N) is 2. The Hall–Kier alpha value is -1.93. The van der Waals surface area contributed by atoms with Gasteiger partial charge in [-0.15, -0.1) is 0 Å². The third kappa shape index (κ3) is 2.81. The summed E-state index contributed by atoms with van der Waals surface area (Å²) in [5.74, 6) is -0.417. The highest BCUT2D eigenvalue weighted by Crippen LogP contribution is 2.32. The van der Waals surface area contributed by atoms with E-state index in [0.717, 1.165) is 11.8 Å². The molecule has 0 radical (unpaired) electrons. The standard InChI is InChI=1S/C12H13FN4O2S/c1-6(14)9-7(13)4-3-5-8(9)20-12-15-10(18)11(19)16-17(12)2/h3-6H,14H2,1-2H3,(H,16,19). The van der Waals surface area contributed by atoms with Crippen LogP contribution in [0.25, 0.3) is 0 Å². The van der Waals surface area contributed by atoms with Crippen LogP contribution in [-0.2, 0) is 7.05 Å². The van der Waals surface area contributed by atoms with Crippen LogP contribution in [0.4, 0.5) is 4.39 Å². The lowest BCUT2D eigenvalue weighted by Gasteiger charge is -2.13. The fourth-order valence-corrected chi connectivity index (χ4v) is 2.75. The van der Waals surface area contributed by atoms with Crippen molar-refractivity contribution in [2.75, 3.05) is 0 Å². The maximum Gasteiger partial charge on any atom is 0.339 e. The van der Waals surface area contributed by atoms with E-state index >= 15 is 0 Å². The van der Waals surface area contributed by atoms with Crippen LogP contribution in [0, 0.1) is 5.82 Å². The molecule has 3 N–H and O–H groups in total. The number of benzene rings is 1. The first kappa shape index (κ1) is 14.5. The van der Waals surface area contributed by atoms with E-state index in [9.17, 15) is 14.0 Å². The van der Waals surface area contributed by atoms with Gasteiger partial charge in [-0.25, -0.2) is 4.39 Å². The molecule has 0 spiro atoms. The van der Waals surface area contributed by atoms with Crippen LogP contribution in [0.3, 0.4) is 0 Å². The molecule has 0 aliphatic carbocycles. The lowest BCUT2D eigenvalue weighted by atomic mass is 10.1. The zero-order valence-corrected chi connectivity index (χ0v) is 11.7. The minimum atomic E-state index is -0.885. The highest BCUT2D eigenvalue weighted by atomic mass is 32.2. The monoisotopic (exact) mass is 296 g/mol. The van der Waals surface area contributed by atoms with Gasteiger partial charge >= 0.3 is 11.1 Å². The van der Waals surface area contributed by atoms with Crippen molar-refractivity contribution >= 4 is 11.8 Å². The molecule has 1 aromatic carbocycles. The van der Waals surface area contributed by atoms with Gasteiger partial charge in [-0.3, -0.25) is 19.4 Å². The third-order valence-electron chi connectivity index (χ3n) is 2.62. The van der Waals surface area contributed by atoms with Gasteiger partial charge in [-0.1, -0.05) is 6.07 Å². The highest BCUT2D eigenvalue weighted by Gasteiger charge is 2.15. The Bertz CT molecular complexity index is 754. The lowest BCUT2D eigenvalue weighted by molar-refractivity contribution is 0.582. The largest absolute Gasteiger partial charge is 0.339 e. The van der Waals surface area contributed by atoms with E-state index in [-0.39, 0.29) is 5.16 Å². The van der Waals surface area contributed by atoms with Crippen LogP contribution in [0.1, 0.15) is 18.5 Å². The number of halogens is 1. The topological polar surface area (TPSA) is 93.8 Å². The number of aryl methyl sites for hydroxylation is 1. The Balaban J connectivity index is 2.51. The first-order chi connectivity index (χ1) is 9.40. The number of nitrogens with one attached hydrogen (secondary N) is 1. The molecular weight excluding hydrogens is 283 g/mol. The SMILES string of the molecule is CC(N)c1c(F)cccc1Sc1nc(=O)c(=O)[nH]n1C. The zero-order valence-electron chi connectivity index (χ0n) is 10.9. The van der Waals surface area contributed by atoms with Crippen LogP contribution < -0.4 is 16.9 Å². The van der Waals surface area contributed by atoms with Gasteiger partial charge in [0.2, 0.25) is 0 Å². The average molecular weight is 296 g/mol. The summed E-state index contributed by atoms with van der Waals surface area (Å²) in [6.45, 7) is 1.67. The van der Waals surface area contributed by atoms with Crippen LogP contribution in [0.2, 0.25) is 0 Å². The van der Waals surface area contributed by atoms with E-state index in [4.69, 9.17) is 5.73 Å². The number of aromatic amines is 1. The molecule has 0 aliphatic rings. The molecule has 0 aliphatic heterocycles. The van der Waals surface area contributed by atoms with Gasteiger partial charge in [0.15, 0.2) is 5.16 Å². The predicted molar refractivity (Wildman–Crippen MR) is 73.2 cm³/mol. The number of hydrogen-bond donors (Lipinski definition) is 2. The first-order valence-electron chi connectivity index (χ1n) is 5.79. The molecule has 1 unspecified atom stereocenters. The summed E-state index contributed by atoms with van der Waals surface area (Å²) in [6, 6.07) is 4.05. The zero-order chi connectivity index (χ0) is 14.9. The van der Waals surface area contributed by atoms with Gasteiger partial charge in [0.25, 0.3) is 0 Å². The quantitative estimate of drug-likeness (QED) is 0.816.